The molecule has 1 aromatic rings. The van der Waals surface area contributed by atoms with Gasteiger partial charge in [0.1, 0.15) is 5.78 Å². The molecule has 0 spiro atoms. The van der Waals surface area contributed by atoms with Gasteiger partial charge < -0.3 is 10.1 Å². The summed E-state index contributed by atoms with van der Waals surface area (Å²) in [7, 11) is 1.89. The molecule has 0 saturated heterocycles. The number of carbonyl (C=O) groups is 3. The van der Waals surface area contributed by atoms with Gasteiger partial charge in [-0.2, -0.15) is 0 Å². The Morgan fingerprint density at radius 2 is 1.50 bits per heavy atom. The smallest absolute Gasteiger partial charge is 0.159 e. The van der Waals surface area contributed by atoms with E-state index in [0.29, 0.717) is 17.5 Å². The number of nitrogens with one attached hydrogen (secondary N) is 1. The molecule has 0 bridgehead atoms. The average molecular weight is 277 g/mol. The molecule has 1 aromatic carbocycles. The molecular weight excluding hydrogens is 254 g/mol. The number of benzene rings is 1. The van der Waals surface area contributed by atoms with Crippen molar-refractivity contribution in [3.63, 3.8) is 0 Å². The average Bonchev–Trinajstić information content (AvgIpc) is 2.39. The number of hydrogen-bond donors (Lipinski definition) is 1. The van der Waals surface area contributed by atoms with E-state index in [-0.39, 0.29) is 17.3 Å². The second-order valence-corrected chi connectivity index (χ2v) is 4.60. The van der Waals surface area contributed by atoms with Crippen LogP contribution in [0, 0.1) is 0 Å². The number of rotatable bonds is 6. The first-order valence-electron chi connectivity index (χ1n) is 6.64. The summed E-state index contributed by atoms with van der Waals surface area (Å²) in [6.45, 7) is 5.54. The third-order valence-corrected chi connectivity index (χ3v) is 2.63. The molecule has 0 fully saturated rings. The second-order valence-electron chi connectivity index (χ2n) is 4.60. The van der Waals surface area contributed by atoms with E-state index in [9.17, 15) is 14.4 Å². The number of hydrogen-bond acceptors (Lipinski definition) is 4. The third kappa shape index (κ3) is 8.32. The van der Waals surface area contributed by atoms with Gasteiger partial charge in [0.2, 0.25) is 0 Å². The standard InChI is InChI=1S/C10H10O2.C6H13NO/c1-7(11)9-4-3-5-10(6-9)8(2)12;1-6(8)4-3-5-7-2/h3-6H,1-2H3;7H,3-5H2,1-2H3. The van der Waals surface area contributed by atoms with Crippen molar-refractivity contribution in [2.45, 2.75) is 33.6 Å². The van der Waals surface area contributed by atoms with E-state index in [1.54, 1.807) is 31.2 Å². The molecule has 0 aromatic heterocycles. The van der Waals surface area contributed by atoms with Crippen molar-refractivity contribution in [3.8, 4) is 0 Å². The Morgan fingerprint density at radius 1 is 1.00 bits per heavy atom. The van der Waals surface area contributed by atoms with Gasteiger partial charge in [0.15, 0.2) is 11.6 Å². The summed E-state index contributed by atoms with van der Waals surface area (Å²) in [4.78, 5) is 32.1. The summed E-state index contributed by atoms with van der Waals surface area (Å²) in [5.41, 5.74) is 1.17. The van der Waals surface area contributed by atoms with Crippen molar-refractivity contribution in [2.24, 2.45) is 0 Å². The summed E-state index contributed by atoms with van der Waals surface area (Å²) in [5.74, 6) is 0.247. The molecule has 4 heteroatoms. The van der Waals surface area contributed by atoms with Crippen LogP contribution >= 0.6 is 0 Å². The summed E-state index contributed by atoms with van der Waals surface area (Å²) in [6.07, 6.45) is 1.67. The van der Waals surface area contributed by atoms with Crippen molar-refractivity contribution < 1.29 is 14.4 Å². The molecule has 0 unspecified atom stereocenters. The Balaban J connectivity index is 0.000000396. The fourth-order valence-electron chi connectivity index (χ4n) is 1.47. The van der Waals surface area contributed by atoms with Crippen molar-refractivity contribution in [2.75, 3.05) is 13.6 Å². The molecule has 0 aliphatic heterocycles. The van der Waals surface area contributed by atoms with Crippen LogP contribution in [0.25, 0.3) is 0 Å². The Kier molecular flexibility index (Phi) is 9.13. The van der Waals surface area contributed by atoms with E-state index in [4.69, 9.17) is 0 Å². The van der Waals surface area contributed by atoms with Crippen LogP contribution in [0.4, 0.5) is 0 Å². The lowest BCUT2D eigenvalue weighted by atomic mass is 10.1. The van der Waals surface area contributed by atoms with Gasteiger partial charge in [0.25, 0.3) is 0 Å². The van der Waals surface area contributed by atoms with Crippen LogP contribution < -0.4 is 5.32 Å². The molecule has 0 aliphatic carbocycles. The Morgan fingerprint density at radius 3 is 1.85 bits per heavy atom. The van der Waals surface area contributed by atoms with Gasteiger partial charge >= 0.3 is 0 Å². The maximum atomic E-state index is 10.9. The maximum absolute atomic E-state index is 10.9. The van der Waals surface area contributed by atoms with Gasteiger partial charge in [0.05, 0.1) is 0 Å². The van der Waals surface area contributed by atoms with Crippen LogP contribution in [-0.4, -0.2) is 30.9 Å². The van der Waals surface area contributed by atoms with E-state index < -0.39 is 0 Å². The van der Waals surface area contributed by atoms with E-state index in [2.05, 4.69) is 5.32 Å². The molecule has 0 atom stereocenters. The fraction of sp³-hybridized carbons (Fsp3) is 0.438. The van der Waals surface area contributed by atoms with Crippen LogP contribution in [0.2, 0.25) is 0 Å². The minimum atomic E-state index is -0.0156. The van der Waals surface area contributed by atoms with E-state index >= 15 is 0 Å². The normalized spacial score (nSPS) is 9.40. The van der Waals surface area contributed by atoms with Crippen LogP contribution in [-0.2, 0) is 4.79 Å². The Labute approximate surface area is 120 Å². The van der Waals surface area contributed by atoms with E-state index in [1.165, 1.54) is 13.8 Å². The molecule has 4 nitrogen and oxygen atoms in total. The molecule has 1 rings (SSSR count). The predicted octanol–water partition coefficient (Wildman–Crippen LogP) is 2.67. The topological polar surface area (TPSA) is 63.2 Å². The molecule has 0 saturated carbocycles. The Bertz CT molecular complexity index is 437. The highest BCUT2D eigenvalue weighted by atomic mass is 16.1. The highest BCUT2D eigenvalue weighted by Gasteiger charge is 2.02. The van der Waals surface area contributed by atoms with Gasteiger partial charge in [-0.1, -0.05) is 18.2 Å². The van der Waals surface area contributed by atoms with Gasteiger partial charge in [-0.05, 0) is 46.9 Å². The van der Waals surface area contributed by atoms with Gasteiger partial charge in [-0.3, -0.25) is 9.59 Å². The quantitative estimate of drug-likeness (QED) is 0.641. The lowest BCUT2D eigenvalue weighted by Crippen LogP contribution is -2.08. The molecule has 20 heavy (non-hydrogen) atoms. The van der Waals surface area contributed by atoms with Gasteiger partial charge in [0, 0.05) is 17.5 Å². The zero-order valence-corrected chi connectivity index (χ0v) is 12.7. The largest absolute Gasteiger partial charge is 0.320 e. The van der Waals surface area contributed by atoms with Crippen LogP contribution in [0.5, 0.6) is 0 Å². The maximum Gasteiger partial charge on any atom is 0.159 e. The predicted molar refractivity (Wildman–Crippen MR) is 80.3 cm³/mol. The number of carbonyl (C=O) groups excluding carboxylic acids is 3. The first kappa shape index (κ1) is 18.2. The summed E-state index contributed by atoms with van der Waals surface area (Å²) < 4.78 is 0. The fourth-order valence-corrected chi connectivity index (χ4v) is 1.47. The van der Waals surface area contributed by atoms with E-state index in [0.717, 1.165) is 13.0 Å². The zero-order chi connectivity index (χ0) is 15.5. The molecule has 0 amide bonds. The Hall–Kier alpha value is -1.81. The van der Waals surface area contributed by atoms with Crippen molar-refractivity contribution in [1.82, 2.24) is 5.32 Å². The number of ketones is 3. The molecule has 0 radical (unpaired) electrons. The summed E-state index contributed by atoms with van der Waals surface area (Å²) >= 11 is 0. The molecule has 0 aliphatic rings. The van der Waals surface area contributed by atoms with E-state index in [1.807, 2.05) is 7.05 Å². The first-order chi connectivity index (χ1) is 9.38. The lowest BCUT2D eigenvalue weighted by molar-refractivity contribution is -0.117. The minimum absolute atomic E-state index is 0.0156. The highest BCUT2D eigenvalue weighted by molar-refractivity contribution is 5.99. The van der Waals surface area contributed by atoms with Crippen molar-refractivity contribution in [1.29, 1.82) is 0 Å². The minimum Gasteiger partial charge on any atom is -0.320 e. The monoisotopic (exact) mass is 277 g/mol. The number of Topliss-reactive ketones (excluding diaryl/α,β-unsaturated/α-hetero) is 3. The zero-order valence-electron chi connectivity index (χ0n) is 12.7. The molecule has 1 N–H and O–H groups in total. The SMILES string of the molecule is CC(=O)c1cccc(C(C)=O)c1.CNCCCC(C)=O. The summed E-state index contributed by atoms with van der Waals surface area (Å²) in [5, 5.41) is 2.97. The van der Waals surface area contributed by atoms with Crippen LogP contribution in [0.15, 0.2) is 24.3 Å². The van der Waals surface area contributed by atoms with Gasteiger partial charge in [-0.25, -0.2) is 0 Å². The first-order valence-corrected chi connectivity index (χ1v) is 6.64. The molecule has 110 valence electrons. The molecule has 0 heterocycles. The molecular formula is C16H23NO3. The van der Waals surface area contributed by atoms with Crippen LogP contribution in [0.1, 0.15) is 54.3 Å². The summed E-state index contributed by atoms with van der Waals surface area (Å²) in [6, 6.07) is 6.74. The van der Waals surface area contributed by atoms with Gasteiger partial charge in [-0.15, -0.1) is 0 Å². The van der Waals surface area contributed by atoms with Crippen molar-refractivity contribution >= 4 is 17.3 Å². The second kappa shape index (κ2) is 10.0. The van der Waals surface area contributed by atoms with Crippen LogP contribution in [0.3, 0.4) is 0 Å². The highest BCUT2D eigenvalue weighted by Crippen LogP contribution is 2.06. The lowest BCUT2D eigenvalue weighted by Gasteiger charge is -1.97. The van der Waals surface area contributed by atoms with Crippen molar-refractivity contribution in [3.05, 3.63) is 35.4 Å². The third-order valence-electron chi connectivity index (χ3n) is 2.63.